The van der Waals surface area contributed by atoms with Crippen LogP contribution in [0.4, 0.5) is 0 Å². The molecular formula is C16H22ClN. The van der Waals surface area contributed by atoms with Crippen molar-refractivity contribution in [2.24, 2.45) is 11.8 Å². The van der Waals surface area contributed by atoms with Gasteiger partial charge in [0.25, 0.3) is 0 Å². The number of halogens is 1. The Bertz CT molecular complexity index is 397. The Morgan fingerprint density at radius 1 is 1.17 bits per heavy atom. The summed E-state index contributed by atoms with van der Waals surface area (Å²) in [5, 5.41) is 4.76. The molecule has 2 heteroatoms. The molecule has 1 unspecified atom stereocenters. The van der Waals surface area contributed by atoms with Crippen molar-refractivity contribution in [1.29, 1.82) is 0 Å². The first kappa shape index (κ1) is 12.5. The van der Waals surface area contributed by atoms with Crippen LogP contribution < -0.4 is 5.32 Å². The standard InChI is InChI=1S/C16H22ClN/c1-11(10-14-4-2-3-5-15(14)17)18-16(12-6-7-12)13-8-9-13/h2-5,11-13,16,18H,6-10H2,1H3. The molecule has 0 aliphatic heterocycles. The van der Waals surface area contributed by atoms with Crippen LogP contribution in [0.3, 0.4) is 0 Å². The van der Waals surface area contributed by atoms with E-state index < -0.39 is 0 Å². The van der Waals surface area contributed by atoms with Crippen molar-refractivity contribution in [2.75, 3.05) is 0 Å². The third kappa shape index (κ3) is 3.07. The lowest BCUT2D eigenvalue weighted by atomic mass is 10.0. The summed E-state index contributed by atoms with van der Waals surface area (Å²) in [6, 6.07) is 9.51. The van der Waals surface area contributed by atoms with E-state index in [1.165, 1.54) is 31.2 Å². The summed E-state index contributed by atoms with van der Waals surface area (Å²) >= 11 is 6.23. The Labute approximate surface area is 115 Å². The van der Waals surface area contributed by atoms with Crippen molar-refractivity contribution in [1.82, 2.24) is 5.32 Å². The fourth-order valence-corrected chi connectivity index (χ4v) is 3.16. The van der Waals surface area contributed by atoms with Crippen LogP contribution in [0.25, 0.3) is 0 Å². The maximum absolute atomic E-state index is 6.23. The van der Waals surface area contributed by atoms with Gasteiger partial charge in [-0.25, -0.2) is 0 Å². The Hall–Kier alpha value is -0.530. The van der Waals surface area contributed by atoms with Crippen molar-refractivity contribution < 1.29 is 0 Å². The van der Waals surface area contributed by atoms with Crippen LogP contribution in [-0.4, -0.2) is 12.1 Å². The van der Waals surface area contributed by atoms with E-state index in [1.807, 2.05) is 12.1 Å². The van der Waals surface area contributed by atoms with E-state index >= 15 is 0 Å². The molecule has 2 fully saturated rings. The van der Waals surface area contributed by atoms with Gasteiger partial charge in [0.1, 0.15) is 0 Å². The lowest BCUT2D eigenvalue weighted by Gasteiger charge is -2.23. The van der Waals surface area contributed by atoms with Crippen molar-refractivity contribution in [2.45, 2.75) is 51.1 Å². The third-order valence-electron chi connectivity index (χ3n) is 4.22. The second kappa shape index (κ2) is 5.22. The Morgan fingerprint density at radius 3 is 2.33 bits per heavy atom. The van der Waals surface area contributed by atoms with Crippen LogP contribution in [0.5, 0.6) is 0 Å². The third-order valence-corrected chi connectivity index (χ3v) is 4.59. The summed E-state index contributed by atoms with van der Waals surface area (Å²) < 4.78 is 0. The molecule has 3 rings (SSSR count). The average molecular weight is 264 g/mol. The van der Waals surface area contributed by atoms with Gasteiger partial charge in [-0.1, -0.05) is 29.8 Å². The SMILES string of the molecule is CC(Cc1ccccc1Cl)NC(C1CC1)C1CC1. The van der Waals surface area contributed by atoms with E-state index in [0.29, 0.717) is 6.04 Å². The number of hydrogen-bond acceptors (Lipinski definition) is 1. The van der Waals surface area contributed by atoms with Gasteiger partial charge in [-0.3, -0.25) is 0 Å². The molecular weight excluding hydrogens is 242 g/mol. The number of nitrogens with one attached hydrogen (secondary N) is 1. The maximum atomic E-state index is 6.23. The lowest BCUT2D eigenvalue weighted by molar-refractivity contribution is 0.371. The van der Waals surface area contributed by atoms with Gasteiger partial charge in [-0.2, -0.15) is 0 Å². The minimum Gasteiger partial charge on any atom is -0.311 e. The topological polar surface area (TPSA) is 12.0 Å². The number of hydrogen-bond donors (Lipinski definition) is 1. The molecule has 0 spiro atoms. The van der Waals surface area contributed by atoms with Crippen molar-refractivity contribution in [3.8, 4) is 0 Å². The molecule has 1 atom stereocenters. The summed E-state index contributed by atoms with van der Waals surface area (Å²) in [4.78, 5) is 0. The molecule has 1 aromatic carbocycles. The molecule has 2 aliphatic rings. The van der Waals surface area contributed by atoms with Gasteiger partial charge >= 0.3 is 0 Å². The van der Waals surface area contributed by atoms with Crippen molar-refractivity contribution >= 4 is 11.6 Å². The second-order valence-corrected chi connectivity index (χ2v) is 6.47. The molecule has 1 nitrogen and oxygen atoms in total. The largest absolute Gasteiger partial charge is 0.311 e. The minimum atomic E-state index is 0.524. The van der Waals surface area contributed by atoms with Gasteiger partial charge in [0, 0.05) is 17.1 Å². The summed E-state index contributed by atoms with van der Waals surface area (Å²) in [6.07, 6.45) is 6.79. The fourth-order valence-electron chi connectivity index (χ4n) is 2.95. The average Bonchev–Trinajstić information content (AvgIpc) is 3.22. The number of rotatable bonds is 6. The number of benzene rings is 1. The van der Waals surface area contributed by atoms with Crippen molar-refractivity contribution in [3.05, 3.63) is 34.9 Å². The molecule has 18 heavy (non-hydrogen) atoms. The molecule has 1 aromatic rings. The van der Waals surface area contributed by atoms with Crippen LogP contribution >= 0.6 is 11.6 Å². The van der Waals surface area contributed by atoms with Gasteiger partial charge in [0.15, 0.2) is 0 Å². The zero-order valence-corrected chi connectivity index (χ0v) is 11.8. The zero-order chi connectivity index (χ0) is 12.5. The predicted molar refractivity (Wildman–Crippen MR) is 77.0 cm³/mol. The highest BCUT2D eigenvalue weighted by Gasteiger charge is 2.41. The summed E-state index contributed by atoms with van der Waals surface area (Å²) in [5.74, 6) is 1.93. The molecule has 0 radical (unpaired) electrons. The van der Waals surface area contributed by atoms with Crippen LogP contribution in [0, 0.1) is 11.8 Å². The lowest BCUT2D eigenvalue weighted by Crippen LogP contribution is -2.40. The molecule has 1 N–H and O–H groups in total. The molecule has 0 aromatic heterocycles. The van der Waals surface area contributed by atoms with Gasteiger partial charge in [0.2, 0.25) is 0 Å². The highest BCUT2D eigenvalue weighted by molar-refractivity contribution is 6.31. The summed E-state index contributed by atoms with van der Waals surface area (Å²) in [5.41, 5.74) is 1.27. The quantitative estimate of drug-likeness (QED) is 0.817. The zero-order valence-electron chi connectivity index (χ0n) is 11.0. The second-order valence-electron chi connectivity index (χ2n) is 6.06. The highest BCUT2D eigenvalue weighted by atomic mass is 35.5. The first-order valence-corrected chi connectivity index (χ1v) is 7.61. The first-order valence-electron chi connectivity index (χ1n) is 7.23. The van der Waals surface area contributed by atoms with Gasteiger partial charge in [0.05, 0.1) is 0 Å². The smallest absolute Gasteiger partial charge is 0.0438 e. The van der Waals surface area contributed by atoms with Gasteiger partial charge in [-0.15, -0.1) is 0 Å². The van der Waals surface area contributed by atoms with E-state index in [2.05, 4.69) is 24.4 Å². The van der Waals surface area contributed by atoms with Crippen LogP contribution in [-0.2, 0) is 6.42 Å². The predicted octanol–water partition coefficient (Wildman–Crippen LogP) is 4.05. The van der Waals surface area contributed by atoms with E-state index in [4.69, 9.17) is 11.6 Å². The maximum Gasteiger partial charge on any atom is 0.0438 e. The van der Waals surface area contributed by atoms with Crippen LogP contribution in [0.2, 0.25) is 5.02 Å². The Kier molecular flexibility index (Phi) is 3.63. The van der Waals surface area contributed by atoms with Crippen LogP contribution in [0.15, 0.2) is 24.3 Å². The van der Waals surface area contributed by atoms with E-state index in [0.717, 1.165) is 29.3 Å². The van der Waals surface area contributed by atoms with E-state index in [1.54, 1.807) is 0 Å². The Morgan fingerprint density at radius 2 is 1.78 bits per heavy atom. The minimum absolute atomic E-state index is 0.524. The highest BCUT2D eigenvalue weighted by Crippen LogP contribution is 2.44. The fraction of sp³-hybridized carbons (Fsp3) is 0.625. The van der Waals surface area contributed by atoms with E-state index in [9.17, 15) is 0 Å². The summed E-state index contributed by atoms with van der Waals surface area (Å²) in [7, 11) is 0. The molecule has 0 amide bonds. The summed E-state index contributed by atoms with van der Waals surface area (Å²) in [6.45, 7) is 2.29. The molecule has 98 valence electrons. The van der Waals surface area contributed by atoms with Gasteiger partial charge < -0.3 is 5.32 Å². The van der Waals surface area contributed by atoms with Gasteiger partial charge in [-0.05, 0) is 62.5 Å². The van der Waals surface area contributed by atoms with Crippen LogP contribution in [0.1, 0.15) is 38.2 Å². The molecule has 0 heterocycles. The van der Waals surface area contributed by atoms with Crippen molar-refractivity contribution in [3.63, 3.8) is 0 Å². The molecule has 2 aliphatic carbocycles. The monoisotopic (exact) mass is 263 g/mol. The molecule has 0 bridgehead atoms. The normalized spacial score (nSPS) is 21.3. The Balaban J connectivity index is 1.57. The molecule has 2 saturated carbocycles. The van der Waals surface area contributed by atoms with E-state index in [-0.39, 0.29) is 0 Å². The molecule has 0 saturated heterocycles. The first-order chi connectivity index (χ1) is 8.74.